The molecular formula is C13H16BrClFNO3S. The molecule has 1 aromatic carbocycles. The van der Waals surface area contributed by atoms with Gasteiger partial charge in [-0.2, -0.15) is 0 Å². The first-order chi connectivity index (χ1) is 9.48. The van der Waals surface area contributed by atoms with Crippen LogP contribution in [0.2, 0.25) is 0 Å². The van der Waals surface area contributed by atoms with Gasteiger partial charge >= 0.3 is 0 Å². The molecule has 0 aliphatic heterocycles. The Kier molecular flexibility index (Phi) is 5.80. The van der Waals surface area contributed by atoms with Gasteiger partial charge in [0, 0.05) is 21.7 Å². The van der Waals surface area contributed by atoms with E-state index in [1.54, 1.807) is 0 Å². The summed E-state index contributed by atoms with van der Waals surface area (Å²) in [4.78, 5) is 11.3. The summed E-state index contributed by atoms with van der Waals surface area (Å²) in [6.45, 7) is 6.24. The third kappa shape index (κ3) is 4.93. The number of amides is 1. The van der Waals surface area contributed by atoms with Crippen LogP contribution in [0.3, 0.4) is 0 Å². The molecule has 0 heterocycles. The molecule has 0 aromatic heterocycles. The van der Waals surface area contributed by atoms with Crippen LogP contribution in [0.15, 0.2) is 21.5 Å². The quantitative estimate of drug-likeness (QED) is 0.767. The lowest BCUT2D eigenvalue weighted by atomic mass is 9.90. The number of carbonyl (C=O) groups excluding carboxylic acids is 1. The monoisotopic (exact) mass is 399 g/mol. The second kappa shape index (κ2) is 6.62. The van der Waals surface area contributed by atoms with Gasteiger partial charge in [0.15, 0.2) is 5.82 Å². The summed E-state index contributed by atoms with van der Waals surface area (Å²) in [6, 6.07) is 2.24. The molecule has 0 radical (unpaired) electrons. The molecule has 8 heteroatoms. The van der Waals surface area contributed by atoms with Gasteiger partial charge in [-0.05, 0) is 24.0 Å². The van der Waals surface area contributed by atoms with Gasteiger partial charge in [0.2, 0.25) is 0 Å². The number of hydrogen-bond donors (Lipinski definition) is 1. The van der Waals surface area contributed by atoms with Crippen LogP contribution in [0, 0.1) is 11.2 Å². The minimum Gasteiger partial charge on any atom is -0.351 e. The highest BCUT2D eigenvalue weighted by Crippen LogP contribution is 2.27. The molecule has 0 aliphatic rings. The number of benzene rings is 1. The average Bonchev–Trinajstić information content (AvgIpc) is 2.37. The number of rotatable bonds is 5. The molecule has 1 rings (SSSR count). The second-order valence-electron chi connectivity index (χ2n) is 5.40. The zero-order valence-electron chi connectivity index (χ0n) is 11.8. The highest BCUT2D eigenvalue weighted by atomic mass is 79.9. The van der Waals surface area contributed by atoms with Crippen molar-refractivity contribution in [3.05, 3.63) is 28.0 Å². The van der Waals surface area contributed by atoms with Gasteiger partial charge in [0.05, 0.1) is 5.56 Å². The predicted molar refractivity (Wildman–Crippen MR) is 83.5 cm³/mol. The normalized spacial score (nSPS) is 12.3. The molecule has 0 spiro atoms. The second-order valence-corrected chi connectivity index (χ2v) is 8.85. The molecule has 0 aliphatic carbocycles. The molecule has 0 fully saturated rings. The number of nitrogens with one attached hydrogen (secondary N) is 1. The first-order valence-electron chi connectivity index (χ1n) is 6.20. The zero-order chi connectivity index (χ0) is 16.4. The van der Waals surface area contributed by atoms with E-state index in [-0.39, 0.29) is 15.5 Å². The van der Waals surface area contributed by atoms with E-state index in [9.17, 15) is 17.6 Å². The number of hydrogen-bond acceptors (Lipinski definition) is 3. The maximum atomic E-state index is 14.2. The van der Waals surface area contributed by atoms with Crippen molar-refractivity contribution in [2.45, 2.75) is 32.1 Å². The van der Waals surface area contributed by atoms with Crippen LogP contribution in [-0.4, -0.2) is 20.9 Å². The summed E-state index contributed by atoms with van der Waals surface area (Å²) in [5, 5.41) is 2.60. The van der Waals surface area contributed by atoms with Crippen molar-refractivity contribution < 1.29 is 17.6 Å². The van der Waals surface area contributed by atoms with Crippen LogP contribution >= 0.6 is 26.6 Å². The molecule has 0 atom stereocenters. The minimum atomic E-state index is -4.27. The fourth-order valence-corrected chi connectivity index (χ4v) is 2.98. The van der Waals surface area contributed by atoms with Gasteiger partial charge in [0.1, 0.15) is 4.90 Å². The Hall–Kier alpha value is -0.660. The molecule has 4 nitrogen and oxygen atoms in total. The zero-order valence-corrected chi connectivity index (χ0v) is 15.0. The smallest absolute Gasteiger partial charge is 0.264 e. The third-order valence-electron chi connectivity index (χ3n) is 3.20. The molecular weight excluding hydrogens is 385 g/mol. The van der Waals surface area contributed by atoms with E-state index in [0.717, 1.165) is 12.5 Å². The van der Waals surface area contributed by atoms with Crippen molar-refractivity contribution in [3.8, 4) is 0 Å². The molecule has 0 unspecified atom stereocenters. The van der Waals surface area contributed by atoms with Gasteiger partial charge in [-0.15, -0.1) is 0 Å². The maximum Gasteiger partial charge on any atom is 0.264 e. The van der Waals surface area contributed by atoms with Gasteiger partial charge in [-0.25, -0.2) is 12.8 Å². The van der Waals surface area contributed by atoms with Crippen LogP contribution in [-0.2, 0) is 9.05 Å². The summed E-state index contributed by atoms with van der Waals surface area (Å²) < 4.78 is 37.0. The van der Waals surface area contributed by atoms with Crippen molar-refractivity contribution in [1.82, 2.24) is 5.32 Å². The van der Waals surface area contributed by atoms with Crippen LogP contribution in [0.4, 0.5) is 4.39 Å². The fraction of sp³-hybridized carbons (Fsp3) is 0.462. The number of halogens is 3. The van der Waals surface area contributed by atoms with Crippen LogP contribution < -0.4 is 5.32 Å². The first kappa shape index (κ1) is 18.4. The van der Waals surface area contributed by atoms with Gasteiger partial charge in [-0.1, -0.05) is 36.7 Å². The maximum absolute atomic E-state index is 14.2. The fourth-order valence-electron chi connectivity index (χ4n) is 1.45. The van der Waals surface area contributed by atoms with E-state index in [1.807, 2.05) is 20.8 Å². The Bertz CT molecular complexity index is 662. The lowest BCUT2D eigenvalue weighted by Gasteiger charge is -2.23. The van der Waals surface area contributed by atoms with Crippen molar-refractivity contribution in [2.24, 2.45) is 5.41 Å². The molecule has 21 heavy (non-hydrogen) atoms. The highest BCUT2D eigenvalue weighted by molar-refractivity contribution is 9.10. The predicted octanol–water partition coefficient (Wildman–Crippen LogP) is 3.68. The number of carbonyl (C=O) groups is 1. The molecule has 1 aromatic rings. The Morgan fingerprint density at radius 1 is 1.43 bits per heavy atom. The Morgan fingerprint density at radius 3 is 2.48 bits per heavy atom. The summed E-state index contributed by atoms with van der Waals surface area (Å²) >= 11 is 3.04. The van der Waals surface area contributed by atoms with E-state index < -0.39 is 25.7 Å². The molecule has 118 valence electrons. The Balaban J connectivity index is 3.14. The lowest BCUT2D eigenvalue weighted by molar-refractivity contribution is 0.0931. The molecule has 1 amide bonds. The average molecular weight is 401 g/mol. The Labute approximate surface area is 136 Å². The van der Waals surface area contributed by atoms with E-state index >= 15 is 0 Å². The molecule has 1 N–H and O–H groups in total. The summed E-state index contributed by atoms with van der Waals surface area (Å²) in [6.07, 6.45) is 0.829. The van der Waals surface area contributed by atoms with Crippen molar-refractivity contribution in [3.63, 3.8) is 0 Å². The largest absolute Gasteiger partial charge is 0.351 e. The van der Waals surface area contributed by atoms with Gasteiger partial charge in [0.25, 0.3) is 15.0 Å². The summed E-state index contributed by atoms with van der Waals surface area (Å²) in [5.74, 6) is -1.84. The van der Waals surface area contributed by atoms with Crippen molar-refractivity contribution >= 4 is 41.6 Å². The molecule has 0 saturated carbocycles. The Morgan fingerprint density at radius 2 is 2.00 bits per heavy atom. The third-order valence-corrected chi connectivity index (χ3v) is 4.97. The highest BCUT2D eigenvalue weighted by Gasteiger charge is 2.24. The SMILES string of the molecule is CCC(C)(C)CNC(=O)c1cc(Br)cc(S(=O)(=O)Cl)c1F. The van der Waals surface area contributed by atoms with E-state index in [2.05, 4.69) is 21.2 Å². The summed E-state index contributed by atoms with van der Waals surface area (Å²) in [7, 11) is 0.891. The van der Waals surface area contributed by atoms with Gasteiger partial charge in [-0.3, -0.25) is 4.79 Å². The molecule has 0 saturated heterocycles. The van der Waals surface area contributed by atoms with Crippen LogP contribution in [0.1, 0.15) is 37.6 Å². The van der Waals surface area contributed by atoms with E-state index in [4.69, 9.17) is 10.7 Å². The van der Waals surface area contributed by atoms with E-state index in [0.29, 0.717) is 6.54 Å². The van der Waals surface area contributed by atoms with Crippen LogP contribution in [0.5, 0.6) is 0 Å². The van der Waals surface area contributed by atoms with Gasteiger partial charge < -0.3 is 5.32 Å². The minimum absolute atomic E-state index is 0.139. The topological polar surface area (TPSA) is 63.2 Å². The van der Waals surface area contributed by atoms with E-state index in [1.165, 1.54) is 6.07 Å². The van der Waals surface area contributed by atoms with Crippen molar-refractivity contribution in [2.75, 3.05) is 6.54 Å². The molecule has 0 bridgehead atoms. The summed E-state index contributed by atoms with van der Waals surface area (Å²) in [5.41, 5.74) is -0.505. The standard InChI is InChI=1S/C13H16BrClFNO3S/c1-4-13(2,3)7-17-12(18)9-5-8(14)6-10(11(9)16)21(15,19)20/h5-6H,4,7H2,1-3H3,(H,17,18). The van der Waals surface area contributed by atoms with Crippen molar-refractivity contribution in [1.29, 1.82) is 0 Å². The first-order valence-corrected chi connectivity index (χ1v) is 9.30. The van der Waals surface area contributed by atoms with Crippen LogP contribution in [0.25, 0.3) is 0 Å². The lowest BCUT2D eigenvalue weighted by Crippen LogP contribution is -2.34.